The molecule has 3 nitrogen and oxygen atoms in total. The highest BCUT2D eigenvalue weighted by atomic mass is 35.5. The number of anilines is 1. The summed E-state index contributed by atoms with van der Waals surface area (Å²) in [7, 11) is 0. The summed E-state index contributed by atoms with van der Waals surface area (Å²) in [6.07, 6.45) is 0. The molecule has 0 spiro atoms. The lowest BCUT2D eigenvalue weighted by atomic mass is 10.2. The second-order valence-corrected chi connectivity index (χ2v) is 4.07. The molecule has 0 saturated carbocycles. The second-order valence-electron chi connectivity index (χ2n) is 3.67. The molecule has 0 saturated heterocycles. The van der Waals surface area contributed by atoms with Crippen LogP contribution in [0.25, 0.3) is 0 Å². The van der Waals surface area contributed by atoms with Crippen LogP contribution in [0.5, 0.6) is 5.75 Å². The van der Waals surface area contributed by atoms with Crippen LogP contribution in [0.2, 0.25) is 5.02 Å². The number of hydrogen-bond donors (Lipinski definition) is 1. The highest BCUT2D eigenvalue weighted by Crippen LogP contribution is 2.29. The van der Waals surface area contributed by atoms with Gasteiger partial charge in [-0.1, -0.05) is 25.4 Å². The van der Waals surface area contributed by atoms with Gasteiger partial charge in [-0.2, -0.15) is 8.78 Å². The summed E-state index contributed by atoms with van der Waals surface area (Å²) in [4.78, 5) is 11.4. The maximum absolute atomic E-state index is 12.0. The van der Waals surface area contributed by atoms with E-state index in [1.807, 2.05) is 0 Å². The zero-order valence-electron chi connectivity index (χ0n) is 9.34. The van der Waals surface area contributed by atoms with Crippen molar-refractivity contribution in [2.45, 2.75) is 20.5 Å². The van der Waals surface area contributed by atoms with Crippen LogP contribution >= 0.6 is 11.6 Å². The van der Waals surface area contributed by atoms with Crippen LogP contribution in [0, 0.1) is 5.92 Å². The number of hydrogen-bond acceptors (Lipinski definition) is 2. The van der Waals surface area contributed by atoms with Gasteiger partial charge in [-0.05, 0) is 18.2 Å². The van der Waals surface area contributed by atoms with Gasteiger partial charge in [0, 0.05) is 11.6 Å². The largest absolute Gasteiger partial charge is 0.433 e. The van der Waals surface area contributed by atoms with E-state index in [1.165, 1.54) is 18.2 Å². The van der Waals surface area contributed by atoms with Crippen molar-refractivity contribution in [2.75, 3.05) is 5.32 Å². The molecule has 0 bridgehead atoms. The predicted octanol–water partition coefficient (Wildman–Crippen LogP) is 3.54. The lowest BCUT2D eigenvalue weighted by Gasteiger charge is -2.10. The highest BCUT2D eigenvalue weighted by Gasteiger charge is 2.11. The Balaban J connectivity index is 2.78. The highest BCUT2D eigenvalue weighted by molar-refractivity contribution is 6.32. The molecule has 0 aliphatic rings. The molecule has 1 rings (SSSR count). The van der Waals surface area contributed by atoms with E-state index < -0.39 is 6.61 Å². The molecule has 0 aromatic heterocycles. The van der Waals surface area contributed by atoms with Crippen molar-refractivity contribution in [3.63, 3.8) is 0 Å². The molecule has 17 heavy (non-hydrogen) atoms. The lowest BCUT2D eigenvalue weighted by Crippen LogP contribution is -2.17. The van der Waals surface area contributed by atoms with Gasteiger partial charge in [0.1, 0.15) is 5.75 Å². The van der Waals surface area contributed by atoms with Crippen molar-refractivity contribution < 1.29 is 18.3 Å². The van der Waals surface area contributed by atoms with E-state index >= 15 is 0 Å². The first-order chi connectivity index (χ1) is 7.90. The van der Waals surface area contributed by atoms with E-state index in [2.05, 4.69) is 10.1 Å². The third kappa shape index (κ3) is 4.19. The normalized spacial score (nSPS) is 10.8. The van der Waals surface area contributed by atoms with Gasteiger partial charge in [0.15, 0.2) is 0 Å². The molecule has 1 aromatic rings. The van der Waals surface area contributed by atoms with Crippen LogP contribution in [0.15, 0.2) is 18.2 Å². The van der Waals surface area contributed by atoms with Gasteiger partial charge in [-0.25, -0.2) is 0 Å². The van der Waals surface area contributed by atoms with E-state index in [1.54, 1.807) is 13.8 Å². The number of ether oxygens (including phenoxy) is 1. The number of carbonyl (C=O) groups is 1. The van der Waals surface area contributed by atoms with E-state index in [4.69, 9.17) is 11.6 Å². The van der Waals surface area contributed by atoms with Gasteiger partial charge in [-0.15, -0.1) is 0 Å². The zero-order chi connectivity index (χ0) is 13.0. The molecule has 0 unspecified atom stereocenters. The molecule has 94 valence electrons. The van der Waals surface area contributed by atoms with Gasteiger partial charge in [-0.3, -0.25) is 4.79 Å². The average Bonchev–Trinajstić information content (AvgIpc) is 2.21. The summed E-state index contributed by atoms with van der Waals surface area (Å²) < 4.78 is 28.1. The van der Waals surface area contributed by atoms with Crippen molar-refractivity contribution in [3.05, 3.63) is 23.2 Å². The molecule has 1 N–H and O–H groups in total. The molecule has 0 radical (unpaired) electrons. The number of halogens is 3. The van der Waals surface area contributed by atoms with Gasteiger partial charge < -0.3 is 10.1 Å². The number of alkyl halides is 2. The minimum Gasteiger partial charge on any atom is -0.433 e. The van der Waals surface area contributed by atoms with Crippen LogP contribution in [0.1, 0.15) is 13.8 Å². The van der Waals surface area contributed by atoms with Crippen LogP contribution in [0.4, 0.5) is 14.5 Å². The summed E-state index contributed by atoms with van der Waals surface area (Å²) >= 11 is 5.73. The van der Waals surface area contributed by atoms with Crippen LogP contribution in [0.3, 0.4) is 0 Å². The molecule has 0 atom stereocenters. The fourth-order valence-electron chi connectivity index (χ4n) is 1.06. The van der Waals surface area contributed by atoms with E-state index in [0.29, 0.717) is 5.69 Å². The zero-order valence-corrected chi connectivity index (χ0v) is 10.1. The fraction of sp³-hybridized carbons (Fsp3) is 0.364. The maximum Gasteiger partial charge on any atom is 0.387 e. The number of rotatable bonds is 4. The summed E-state index contributed by atoms with van der Waals surface area (Å²) in [6.45, 7) is 0.555. The average molecular weight is 264 g/mol. The monoisotopic (exact) mass is 263 g/mol. The van der Waals surface area contributed by atoms with Gasteiger partial charge >= 0.3 is 6.61 Å². The Labute approximate surface area is 103 Å². The molecule has 0 heterocycles. The molecular formula is C11H12ClF2NO2. The SMILES string of the molecule is CC(C)C(=O)Nc1ccc(OC(F)F)c(Cl)c1. The van der Waals surface area contributed by atoms with Crippen LogP contribution < -0.4 is 10.1 Å². The molecule has 1 aromatic carbocycles. The summed E-state index contributed by atoms with van der Waals surface area (Å²) in [5.41, 5.74) is 0.440. The first kappa shape index (κ1) is 13.7. The van der Waals surface area contributed by atoms with E-state index in [9.17, 15) is 13.6 Å². The molecule has 6 heteroatoms. The third-order valence-corrected chi connectivity index (χ3v) is 2.24. The predicted molar refractivity (Wildman–Crippen MR) is 61.6 cm³/mol. The molecule has 0 aliphatic heterocycles. The van der Waals surface area contributed by atoms with Crippen molar-refractivity contribution in [2.24, 2.45) is 5.92 Å². The Morgan fingerprint density at radius 1 is 1.41 bits per heavy atom. The maximum atomic E-state index is 12.0. The Bertz CT molecular complexity index is 410. The number of nitrogens with one attached hydrogen (secondary N) is 1. The topological polar surface area (TPSA) is 38.3 Å². The van der Waals surface area contributed by atoms with Gasteiger partial charge in [0.25, 0.3) is 0 Å². The molecular weight excluding hydrogens is 252 g/mol. The summed E-state index contributed by atoms with van der Waals surface area (Å²) in [6, 6.07) is 4.09. The van der Waals surface area contributed by atoms with Crippen LogP contribution in [-0.2, 0) is 4.79 Å². The van der Waals surface area contributed by atoms with Crippen molar-refractivity contribution in [1.29, 1.82) is 0 Å². The fourth-order valence-corrected chi connectivity index (χ4v) is 1.28. The molecule has 0 fully saturated rings. The first-order valence-electron chi connectivity index (χ1n) is 4.95. The number of benzene rings is 1. The second kappa shape index (κ2) is 5.82. The van der Waals surface area contributed by atoms with E-state index in [-0.39, 0.29) is 22.6 Å². The van der Waals surface area contributed by atoms with Gasteiger partial charge in [0.2, 0.25) is 5.91 Å². The molecule has 1 amide bonds. The smallest absolute Gasteiger partial charge is 0.387 e. The quantitative estimate of drug-likeness (QED) is 0.902. The van der Waals surface area contributed by atoms with Crippen molar-refractivity contribution in [1.82, 2.24) is 0 Å². The standard InChI is InChI=1S/C11H12ClF2NO2/c1-6(2)10(16)15-7-3-4-9(8(12)5-7)17-11(13)14/h3-6,11H,1-2H3,(H,15,16). The molecule has 0 aliphatic carbocycles. The first-order valence-corrected chi connectivity index (χ1v) is 5.33. The third-order valence-electron chi connectivity index (χ3n) is 1.94. The minimum atomic E-state index is -2.93. The van der Waals surface area contributed by atoms with Crippen LogP contribution in [-0.4, -0.2) is 12.5 Å². The number of amides is 1. The summed E-state index contributed by atoms with van der Waals surface area (Å²) in [5.74, 6) is -0.474. The summed E-state index contributed by atoms with van der Waals surface area (Å²) in [5, 5.41) is 2.62. The Kier molecular flexibility index (Phi) is 4.69. The van der Waals surface area contributed by atoms with E-state index in [0.717, 1.165) is 0 Å². The van der Waals surface area contributed by atoms with Crippen molar-refractivity contribution in [3.8, 4) is 5.75 Å². The Morgan fingerprint density at radius 3 is 2.53 bits per heavy atom. The Morgan fingerprint density at radius 2 is 2.06 bits per heavy atom. The minimum absolute atomic E-state index is 0.0202. The van der Waals surface area contributed by atoms with Gasteiger partial charge in [0.05, 0.1) is 5.02 Å². The number of carbonyl (C=O) groups excluding carboxylic acids is 1. The Hall–Kier alpha value is -1.36. The lowest BCUT2D eigenvalue weighted by molar-refractivity contribution is -0.118. The van der Waals surface area contributed by atoms with Crippen molar-refractivity contribution >= 4 is 23.2 Å².